The number of benzene rings is 2. The molecule has 9 heteroatoms. The van der Waals surface area contributed by atoms with Gasteiger partial charge in [-0.15, -0.1) is 0 Å². The standard InChI is InChI=1S/C22H23FN4O3S/c23-20-9-8-17(14-21(20)31(29,30)27-12-3-4-13-27)22(28)24-15-18-6-1-2-7-19(18)16-26-11-5-10-25-26/h1-2,5-11,14H,3-4,12-13,15-16H2,(H,24,28). The Bertz CT molecular complexity index is 1170. The predicted octanol–water partition coefficient (Wildman–Crippen LogP) is 2.79. The van der Waals surface area contributed by atoms with Crippen molar-refractivity contribution in [3.8, 4) is 0 Å². The van der Waals surface area contributed by atoms with E-state index < -0.39 is 26.6 Å². The van der Waals surface area contributed by atoms with Gasteiger partial charge in [-0.2, -0.15) is 9.40 Å². The van der Waals surface area contributed by atoms with Crippen molar-refractivity contribution in [2.45, 2.75) is 30.8 Å². The SMILES string of the molecule is O=C(NCc1ccccc1Cn1cccn1)c1ccc(F)c(S(=O)(=O)N2CCCC2)c1. The Morgan fingerprint density at radius 1 is 1.06 bits per heavy atom. The van der Waals surface area contributed by atoms with Crippen molar-refractivity contribution < 1.29 is 17.6 Å². The second-order valence-electron chi connectivity index (χ2n) is 7.41. The molecule has 1 N–H and O–H groups in total. The van der Waals surface area contributed by atoms with Crippen molar-refractivity contribution in [2.24, 2.45) is 0 Å². The molecule has 0 radical (unpaired) electrons. The first kappa shape index (κ1) is 21.2. The summed E-state index contributed by atoms with van der Waals surface area (Å²) in [5.74, 6) is -1.32. The Morgan fingerprint density at radius 2 is 1.81 bits per heavy atom. The third-order valence-electron chi connectivity index (χ3n) is 5.33. The van der Waals surface area contributed by atoms with E-state index in [0.717, 1.165) is 36.1 Å². The summed E-state index contributed by atoms with van der Waals surface area (Å²) in [6, 6.07) is 13.0. The molecule has 1 aromatic heterocycles. The number of sulfonamides is 1. The fourth-order valence-electron chi connectivity index (χ4n) is 3.64. The molecule has 2 heterocycles. The average molecular weight is 443 g/mol. The molecular weight excluding hydrogens is 419 g/mol. The molecule has 0 atom stereocenters. The van der Waals surface area contributed by atoms with Crippen molar-refractivity contribution in [1.82, 2.24) is 19.4 Å². The van der Waals surface area contributed by atoms with E-state index in [1.807, 2.05) is 36.5 Å². The number of hydrogen-bond donors (Lipinski definition) is 1. The molecule has 7 nitrogen and oxygen atoms in total. The Hall–Kier alpha value is -3.04. The van der Waals surface area contributed by atoms with Gasteiger partial charge in [0.1, 0.15) is 10.7 Å². The molecule has 1 aliphatic heterocycles. The number of aromatic nitrogens is 2. The van der Waals surface area contributed by atoms with Crippen LogP contribution in [0.3, 0.4) is 0 Å². The number of carbonyl (C=O) groups excluding carboxylic acids is 1. The Morgan fingerprint density at radius 3 is 2.52 bits per heavy atom. The highest BCUT2D eigenvalue weighted by Gasteiger charge is 2.30. The lowest BCUT2D eigenvalue weighted by atomic mass is 10.1. The Kier molecular flexibility index (Phi) is 6.15. The summed E-state index contributed by atoms with van der Waals surface area (Å²) in [5, 5.41) is 7.01. The molecular formula is C22H23FN4O3S. The van der Waals surface area contributed by atoms with Crippen LogP contribution < -0.4 is 5.32 Å². The van der Waals surface area contributed by atoms with Crippen LogP contribution in [0.2, 0.25) is 0 Å². The van der Waals surface area contributed by atoms with Gasteiger partial charge in [0, 0.05) is 37.6 Å². The van der Waals surface area contributed by atoms with Gasteiger partial charge in [-0.25, -0.2) is 12.8 Å². The van der Waals surface area contributed by atoms with E-state index >= 15 is 0 Å². The summed E-state index contributed by atoms with van der Waals surface area (Å²) in [6.45, 7) is 1.55. The van der Waals surface area contributed by atoms with Gasteiger partial charge in [-0.3, -0.25) is 9.48 Å². The first-order valence-electron chi connectivity index (χ1n) is 10.1. The number of nitrogens with one attached hydrogen (secondary N) is 1. The van der Waals surface area contributed by atoms with Crippen LogP contribution in [0.5, 0.6) is 0 Å². The van der Waals surface area contributed by atoms with E-state index in [4.69, 9.17) is 0 Å². The van der Waals surface area contributed by atoms with Crippen molar-refractivity contribution in [3.05, 3.63) is 83.4 Å². The van der Waals surface area contributed by atoms with Crippen LogP contribution >= 0.6 is 0 Å². The maximum atomic E-state index is 14.3. The maximum absolute atomic E-state index is 14.3. The van der Waals surface area contributed by atoms with Crippen molar-refractivity contribution in [2.75, 3.05) is 13.1 Å². The fourth-order valence-corrected chi connectivity index (χ4v) is 5.25. The molecule has 0 saturated carbocycles. The third-order valence-corrected chi connectivity index (χ3v) is 7.24. The van der Waals surface area contributed by atoms with E-state index in [1.165, 1.54) is 10.4 Å². The highest BCUT2D eigenvalue weighted by Crippen LogP contribution is 2.24. The second kappa shape index (κ2) is 8.99. The fraction of sp³-hybridized carbons (Fsp3) is 0.273. The Labute approximate surface area is 180 Å². The Balaban J connectivity index is 1.50. The van der Waals surface area contributed by atoms with E-state index in [2.05, 4.69) is 10.4 Å². The molecule has 3 aromatic rings. The zero-order chi connectivity index (χ0) is 21.8. The first-order chi connectivity index (χ1) is 14.9. The quantitative estimate of drug-likeness (QED) is 0.610. The summed E-state index contributed by atoms with van der Waals surface area (Å²) < 4.78 is 42.9. The van der Waals surface area contributed by atoms with Crippen LogP contribution in [0.1, 0.15) is 34.3 Å². The zero-order valence-electron chi connectivity index (χ0n) is 16.9. The monoisotopic (exact) mass is 442 g/mol. The van der Waals surface area contributed by atoms with E-state index in [1.54, 1.807) is 10.9 Å². The molecule has 2 aromatic carbocycles. The number of hydrogen-bond acceptors (Lipinski definition) is 4. The van der Waals surface area contributed by atoms with Gasteiger partial charge >= 0.3 is 0 Å². The van der Waals surface area contributed by atoms with Gasteiger partial charge in [0.2, 0.25) is 10.0 Å². The molecule has 1 amide bonds. The predicted molar refractivity (Wildman–Crippen MR) is 113 cm³/mol. The van der Waals surface area contributed by atoms with Gasteiger partial charge in [-0.05, 0) is 48.2 Å². The van der Waals surface area contributed by atoms with Crippen LogP contribution in [0, 0.1) is 5.82 Å². The average Bonchev–Trinajstić information content (AvgIpc) is 3.48. The topological polar surface area (TPSA) is 84.3 Å². The van der Waals surface area contributed by atoms with Gasteiger partial charge < -0.3 is 5.32 Å². The summed E-state index contributed by atoms with van der Waals surface area (Å²) in [7, 11) is -3.96. The minimum atomic E-state index is -3.96. The minimum Gasteiger partial charge on any atom is -0.348 e. The summed E-state index contributed by atoms with van der Waals surface area (Å²) in [6.07, 6.45) is 5.06. The molecule has 162 valence electrons. The zero-order valence-corrected chi connectivity index (χ0v) is 17.7. The van der Waals surface area contributed by atoms with E-state index in [9.17, 15) is 17.6 Å². The molecule has 0 unspecified atom stereocenters. The van der Waals surface area contributed by atoms with Gasteiger partial charge in [-0.1, -0.05) is 24.3 Å². The smallest absolute Gasteiger partial charge is 0.251 e. The number of halogens is 1. The van der Waals surface area contributed by atoms with Crippen LogP contribution in [0.25, 0.3) is 0 Å². The molecule has 4 rings (SSSR count). The highest BCUT2D eigenvalue weighted by atomic mass is 32.2. The molecule has 0 spiro atoms. The number of carbonyl (C=O) groups is 1. The molecule has 0 aliphatic carbocycles. The van der Waals surface area contributed by atoms with Gasteiger partial charge in [0.05, 0.1) is 6.54 Å². The lowest BCUT2D eigenvalue weighted by Crippen LogP contribution is -2.29. The van der Waals surface area contributed by atoms with Crippen molar-refractivity contribution in [1.29, 1.82) is 0 Å². The number of rotatable bonds is 7. The van der Waals surface area contributed by atoms with Crippen LogP contribution in [-0.4, -0.2) is 41.5 Å². The lowest BCUT2D eigenvalue weighted by molar-refractivity contribution is 0.0950. The lowest BCUT2D eigenvalue weighted by Gasteiger charge is -2.16. The normalized spacial score (nSPS) is 14.6. The molecule has 31 heavy (non-hydrogen) atoms. The maximum Gasteiger partial charge on any atom is 0.251 e. The summed E-state index contributed by atoms with van der Waals surface area (Å²) in [5.41, 5.74) is 2.02. The largest absolute Gasteiger partial charge is 0.348 e. The van der Waals surface area contributed by atoms with Crippen LogP contribution in [-0.2, 0) is 23.1 Å². The van der Waals surface area contributed by atoms with Crippen LogP contribution in [0.15, 0.2) is 65.8 Å². The minimum absolute atomic E-state index is 0.101. The summed E-state index contributed by atoms with van der Waals surface area (Å²) >= 11 is 0. The van der Waals surface area contributed by atoms with E-state index in [0.29, 0.717) is 19.6 Å². The van der Waals surface area contributed by atoms with Crippen molar-refractivity contribution in [3.63, 3.8) is 0 Å². The van der Waals surface area contributed by atoms with E-state index in [-0.39, 0.29) is 12.1 Å². The van der Waals surface area contributed by atoms with Crippen molar-refractivity contribution >= 4 is 15.9 Å². The molecule has 1 aliphatic rings. The van der Waals surface area contributed by atoms with Gasteiger partial charge in [0.25, 0.3) is 5.91 Å². The number of amides is 1. The van der Waals surface area contributed by atoms with Gasteiger partial charge in [0.15, 0.2) is 0 Å². The second-order valence-corrected chi connectivity index (χ2v) is 9.32. The highest BCUT2D eigenvalue weighted by molar-refractivity contribution is 7.89. The summed E-state index contributed by atoms with van der Waals surface area (Å²) in [4.78, 5) is 12.2. The molecule has 1 saturated heterocycles. The number of nitrogens with zero attached hydrogens (tertiary/aromatic N) is 3. The molecule has 1 fully saturated rings. The third kappa shape index (κ3) is 4.67. The first-order valence-corrected chi connectivity index (χ1v) is 11.5. The molecule has 0 bridgehead atoms. The van der Waals surface area contributed by atoms with Crippen LogP contribution in [0.4, 0.5) is 4.39 Å².